The molecular weight excluding hydrogens is 338 g/mol. The van der Waals surface area contributed by atoms with Crippen molar-refractivity contribution in [2.45, 2.75) is 59.1 Å². The van der Waals surface area contributed by atoms with E-state index in [2.05, 4.69) is 32.2 Å². The number of carbonyl (C=O) groups is 1. The predicted molar refractivity (Wildman–Crippen MR) is 110 cm³/mol. The summed E-state index contributed by atoms with van der Waals surface area (Å²) < 4.78 is 11.3. The molecule has 0 spiro atoms. The maximum Gasteiger partial charge on any atom is 0.261 e. The van der Waals surface area contributed by atoms with Crippen molar-refractivity contribution in [2.24, 2.45) is 0 Å². The van der Waals surface area contributed by atoms with E-state index in [4.69, 9.17) is 9.47 Å². The Balaban J connectivity index is 2.09. The number of nitrogens with one attached hydrogen (secondary N) is 1. The number of ether oxygens (including phenoxy) is 2. The maximum absolute atomic E-state index is 12.7. The van der Waals surface area contributed by atoms with Gasteiger partial charge in [0.25, 0.3) is 5.91 Å². The van der Waals surface area contributed by atoms with Crippen LogP contribution in [0.1, 0.15) is 62.8 Å². The number of aryl methyl sites for hydroxylation is 1. The molecule has 4 heteroatoms. The number of para-hydroxylation sites is 1. The van der Waals surface area contributed by atoms with Crippen LogP contribution in [0.25, 0.3) is 0 Å². The number of rotatable bonds is 8. The summed E-state index contributed by atoms with van der Waals surface area (Å²) in [6, 6.07) is 13.8. The summed E-state index contributed by atoms with van der Waals surface area (Å²) in [5.41, 5.74) is 3.23. The fourth-order valence-electron chi connectivity index (χ4n) is 3.14. The van der Waals surface area contributed by atoms with Gasteiger partial charge < -0.3 is 14.8 Å². The highest BCUT2D eigenvalue weighted by Crippen LogP contribution is 2.27. The highest BCUT2D eigenvalue weighted by molar-refractivity contribution is 5.81. The second-order valence-electron chi connectivity index (χ2n) is 7.15. The highest BCUT2D eigenvalue weighted by Gasteiger charge is 2.21. The summed E-state index contributed by atoms with van der Waals surface area (Å²) in [4.78, 5) is 12.7. The van der Waals surface area contributed by atoms with Gasteiger partial charge in [-0.1, -0.05) is 51.1 Å². The fraction of sp³-hybridized carbons (Fsp3) is 0.435. The van der Waals surface area contributed by atoms with Gasteiger partial charge in [0.1, 0.15) is 11.5 Å². The molecule has 4 nitrogen and oxygen atoms in total. The first-order valence-electron chi connectivity index (χ1n) is 9.57. The van der Waals surface area contributed by atoms with Crippen LogP contribution in [-0.4, -0.2) is 19.1 Å². The minimum atomic E-state index is -0.571. The number of methoxy groups -OCH3 is 1. The number of carbonyl (C=O) groups excluding carboxylic acids is 1. The molecule has 1 N–H and O–H groups in total. The molecule has 2 atom stereocenters. The van der Waals surface area contributed by atoms with Crippen LogP contribution < -0.4 is 14.8 Å². The molecule has 146 valence electrons. The molecule has 0 aliphatic carbocycles. The van der Waals surface area contributed by atoms with Crippen molar-refractivity contribution >= 4 is 5.91 Å². The third-order valence-electron chi connectivity index (χ3n) is 4.76. The van der Waals surface area contributed by atoms with Crippen molar-refractivity contribution in [1.82, 2.24) is 5.32 Å². The number of amides is 1. The van der Waals surface area contributed by atoms with Crippen LogP contribution in [0.2, 0.25) is 0 Å². The van der Waals surface area contributed by atoms with E-state index in [0.29, 0.717) is 5.92 Å². The lowest BCUT2D eigenvalue weighted by Gasteiger charge is -2.23. The predicted octanol–water partition coefficient (Wildman–Crippen LogP) is 5.16. The monoisotopic (exact) mass is 369 g/mol. The molecule has 0 radical (unpaired) electrons. The Labute approximate surface area is 162 Å². The SMILES string of the molecule is CC[C@H](NC(=O)[C@@H](C)Oc1ccccc1C(C)C)c1ccc(OC)c(C)c1. The van der Waals surface area contributed by atoms with E-state index in [9.17, 15) is 4.79 Å². The first-order valence-corrected chi connectivity index (χ1v) is 9.57. The molecule has 0 bridgehead atoms. The maximum atomic E-state index is 12.7. The molecule has 0 saturated carbocycles. The molecule has 2 aromatic carbocycles. The summed E-state index contributed by atoms with van der Waals surface area (Å²) in [5, 5.41) is 3.11. The molecule has 27 heavy (non-hydrogen) atoms. The van der Waals surface area contributed by atoms with Crippen LogP contribution in [0.15, 0.2) is 42.5 Å². The van der Waals surface area contributed by atoms with Gasteiger partial charge in [0.15, 0.2) is 6.10 Å². The van der Waals surface area contributed by atoms with E-state index >= 15 is 0 Å². The molecule has 0 aromatic heterocycles. The first kappa shape index (κ1) is 20.8. The zero-order valence-electron chi connectivity index (χ0n) is 17.2. The Morgan fingerprint density at radius 2 is 1.78 bits per heavy atom. The molecule has 0 aliphatic heterocycles. The Kier molecular flexibility index (Phi) is 7.28. The molecule has 2 rings (SSSR count). The van der Waals surface area contributed by atoms with Gasteiger partial charge in [-0.25, -0.2) is 0 Å². The van der Waals surface area contributed by atoms with Crippen molar-refractivity contribution < 1.29 is 14.3 Å². The van der Waals surface area contributed by atoms with Gasteiger partial charge >= 0.3 is 0 Å². The Hall–Kier alpha value is -2.49. The van der Waals surface area contributed by atoms with Gasteiger partial charge in [-0.3, -0.25) is 4.79 Å². The molecule has 0 aliphatic rings. The third kappa shape index (κ3) is 5.25. The van der Waals surface area contributed by atoms with Crippen LogP contribution in [0, 0.1) is 6.92 Å². The molecule has 0 unspecified atom stereocenters. The Morgan fingerprint density at radius 1 is 1.07 bits per heavy atom. The van der Waals surface area contributed by atoms with Gasteiger partial charge in [-0.15, -0.1) is 0 Å². The van der Waals surface area contributed by atoms with E-state index in [-0.39, 0.29) is 11.9 Å². The number of benzene rings is 2. The first-order chi connectivity index (χ1) is 12.9. The summed E-state index contributed by atoms with van der Waals surface area (Å²) >= 11 is 0. The Bertz CT molecular complexity index is 770. The second kappa shape index (κ2) is 9.45. The van der Waals surface area contributed by atoms with E-state index in [1.54, 1.807) is 14.0 Å². The fourth-order valence-corrected chi connectivity index (χ4v) is 3.14. The molecule has 0 heterocycles. The molecule has 0 saturated heterocycles. The van der Waals surface area contributed by atoms with Crippen LogP contribution in [0.5, 0.6) is 11.5 Å². The van der Waals surface area contributed by atoms with Gasteiger partial charge in [0, 0.05) is 0 Å². The molecular formula is C23H31NO3. The van der Waals surface area contributed by atoms with Crippen LogP contribution >= 0.6 is 0 Å². The minimum absolute atomic E-state index is 0.0616. The third-order valence-corrected chi connectivity index (χ3v) is 4.76. The van der Waals surface area contributed by atoms with Crippen LogP contribution in [0.4, 0.5) is 0 Å². The average molecular weight is 370 g/mol. The standard InChI is InChI=1S/C23H31NO3/c1-7-20(18-12-13-21(26-6)16(4)14-18)24-23(25)17(5)27-22-11-9-8-10-19(22)15(2)3/h8-15,17,20H,7H2,1-6H3,(H,24,25)/t17-,20+/m1/s1. The van der Waals surface area contributed by atoms with E-state index < -0.39 is 6.10 Å². The normalized spacial score (nSPS) is 13.1. The topological polar surface area (TPSA) is 47.6 Å². The van der Waals surface area contributed by atoms with E-state index in [0.717, 1.165) is 34.6 Å². The van der Waals surface area contributed by atoms with E-state index in [1.807, 2.05) is 43.3 Å². The van der Waals surface area contributed by atoms with Crippen molar-refractivity contribution in [1.29, 1.82) is 0 Å². The van der Waals surface area contributed by atoms with Gasteiger partial charge in [-0.2, -0.15) is 0 Å². The van der Waals surface area contributed by atoms with Gasteiger partial charge in [0.05, 0.1) is 13.2 Å². The number of hydrogen-bond acceptors (Lipinski definition) is 3. The lowest BCUT2D eigenvalue weighted by Crippen LogP contribution is -2.38. The number of hydrogen-bond donors (Lipinski definition) is 1. The zero-order chi connectivity index (χ0) is 20.0. The quantitative estimate of drug-likeness (QED) is 0.699. The molecule has 0 fully saturated rings. The highest BCUT2D eigenvalue weighted by atomic mass is 16.5. The van der Waals surface area contributed by atoms with Crippen LogP contribution in [-0.2, 0) is 4.79 Å². The summed E-state index contributed by atoms with van der Waals surface area (Å²) in [6.07, 6.45) is 0.227. The lowest BCUT2D eigenvalue weighted by atomic mass is 10.0. The Morgan fingerprint density at radius 3 is 2.37 bits per heavy atom. The van der Waals surface area contributed by atoms with Gasteiger partial charge in [0.2, 0.25) is 0 Å². The van der Waals surface area contributed by atoms with E-state index in [1.165, 1.54) is 0 Å². The molecule has 2 aromatic rings. The van der Waals surface area contributed by atoms with Crippen molar-refractivity contribution in [3.8, 4) is 11.5 Å². The van der Waals surface area contributed by atoms with Gasteiger partial charge in [-0.05, 0) is 55.0 Å². The second-order valence-corrected chi connectivity index (χ2v) is 7.15. The minimum Gasteiger partial charge on any atom is -0.496 e. The largest absolute Gasteiger partial charge is 0.496 e. The summed E-state index contributed by atoms with van der Waals surface area (Å²) in [7, 11) is 1.66. The average Bonchev–Trinajstić information content (AvgIpc) is 2.66. The van der Waals surface area contributed by atoms with Crippen molar-refractivity contribution in [3.05, 3.63) is 59.2 Å². The smallest absolute Gasteiger partial charge is 0.261 e. The summed E-state index contributed by atoms with van der Waals surface area (Å²) in [5.74, 6) is 1.83. The molecule has 1 amide bonds. The summed E-state index contributed by atoms with van der Waals surface area (Å²) in [6.45, 7) is 10.1. The van der Waals surface area contributed by atoms with Crippen molar-refractivity contribution in [3.63, 3.8) is 0 Å². The van der Waals surface area contributed by atoms with Crippen molar-refractivity contribution in [2.75, 3.05) is 7.11 Å². The van der Waals surface area contributed by atoms with Crippen LogP contribution in [0.3, 0.4) is 0 Å². The lowest BCUT2D eigenvalue weighted by molar-refractivity contribution is -0.128. The zero-order valence-corrected chi connectivity index (χ0v) is 17.2.